The minimum Gasteiger partial charge on any atom is -0.372 e. The Morgan fingerprint density at radius 1 is 0.457 bits per heavy atom. The molecule has 0 bridgehead atoms. The zero-order valence-corrected chi connectivity index (χ0v) is 18.3. The van der Waals surface area contributed by atoms with Crippen LogP contribution in [0.3, 0.4) is 0 Å². The average molecular weight is 486 g/mol. The van der Waals surface area contributed by atoms with Gasteiger partial charge in [0.25, 0.3) is 0 Å². The van der Waals surface area contributed by atoms with E-state index in [-0.39, 0.29) is 24.3 Å². The summed E-state index contributed by atoms with van der Waals surface area (Å²) in [4.78, 5) is 0. The van der Waals surface area contributed by atoms with Crippen molar-refractivity contribution in [1.82, 2.24) is 0 Å². The summed E-state index contributed by atoms with van der Waals surface area (Å²) in [5.74, 6) is 0. The summed E-state index contributed by atoms with van der Waals surface area (Å²) in [5.41, 5.74) is 1.32. The first-order valence-electron chi connectivity index (χ1n) is 10.7. The molecule has 0 spiro atoms. The Morgan fingerprint density at radius 3 is 1.14 bits per heavy atom. The van der Waals surface area contributed by atoms with Crippen LogP contribution in [0.25, 0.3) is 22.3 Å². The molecule has 180 valence electrons. The maximum atomic E-state index is 13.3. The highest BCUT2D eigenvalue weighted by Gasteiger charge is 2.34. The van der Waals surface area contributed by atoms with Gasteiger partial charge in [0.15, 0.2) is 0 Å². The molecule has 4 rings (SSSR count). The normalized spacial score (nSPS) is 12.1. The summed E-state index contributed by atoms with van der Waals surface area (Å²) < 4.78 is 85.3. The molecule has 4 aromatic carbocycles. The smallest absolute Gasteiger partial charge is 0.372 e. The molecular formula is C28H20F6O. The van der Waals surface area contributed by atoms with Gasteiger partial charge in [-0.3, -0.25) is 0 Å². The Labute approximate surface area is 198 Å². The first kappa shape index (κ1) is 24.5. The van der Waals surface area contributed by atoms with Gasteiger partial charge in [-0.25, -0.2) is 0 Å². The van der Waals surface area contributed by atoms with Crippen LogP contribution in [0.1, 0.15) is 22.3 Å². The van der Waals surface area contributed by atoms with Crippen molar-refractivity contribution < 1.29 is 31.1 Å². The fourth-order valence-electron chi connectivity index (χ4n) is 3.81. The molecule has 35 heavy (non-hydrogen) atoms. The van der Waals surface area contributed by atoms with Gasteiger partial charge < -0.3 is 4.74 Å². The molecule has 0 aliphatic carbocycles. The van der Waals surface area contributed by atoms with Crippen LogP contribution in [-0.4, -0.2) is 0 Å². The number of alkyl halides is 6. The molecule has 0 atom stereocenters. The summed E-state index contributed by atoms with van der Waals surface area (Å²) >= 11 is 0. The van der Waals surface area contributed by atoms with Gasteiger partial charge >= 0.3 is 12.4 Å². The molecule has 1 nitrogen and oxygen atoms in total. The molecule has 0 amide bonds. The molecule has 0 radical (unpaired) electrons. The highest BCUT2D eigenvalue weighted by Crippen LogP contribution is 2.38. The number of hydrogen-bond acceptors (Lipinski definition) is 1. The van der Waals surface area contributed by atoms with E-state index in [1.807, 2.05) is 0 Å². The quantitative estimate of drug-likeness (QED) is 0.248. The number of rotatable bonds is 6. The van der Waals surface area contributed by atoms with Gasteiger partial charge in [-0.05, 0) is 45.5 Å². The van der Waals surface area contributed by atoms with Crippen LogP contribution in [0.15, 0.2) is 97.1 Å². The van der Waals surface area contributed by atoms with E-state index >= 15 is 0 Å². The van der Waals surface area contributed by atoms with E-state index in [1.54, 1.807) is 60.7 Å². The molecule has 0 aliphatic rings. The monoisotopic (exact) mass is 486 g/mol. The van der Waals surface area contributed by atoms with Gasteiger partial charge in [-0.2, -0.15) is 26.3 Å². The molecular weight excluding hydrogens is 466 g/mol. The highest BCUT2D eigenvalue weighted by atomic mass is 19.4. The first-order valence-corrected chi connectivity index (χ1v) is 10.7. The molecule has 0 unspecified atom stereocenters. The number of benzene rings is 4. The third-order valence-corrected chi connectivity index (χ3v) is 5.53. The lowest BCUT2D eigenvalue weighted by Crippen LogP contribution is -2.06. The standard InChI is InChI=1S/C28H20F6O/c29-27(30,31)25-7-3-1-5-23(25)21-13-9-19(10-14-21)17-35-18-20-11-15-22(16-12-20)24-6-2-4-8-26(24)28(32,33)34/h1-16H,17-18H2. The molecule has 0 heterocycles. The van der Waals surface area contributed by atoms with E-state index in [2.05, 4.69) is 0 Å². The Morgan fingerprint density at radius 2 is 0.800 bits per heavy atom. The topological polar surface area (TPSA) is 9.23 Å². The van der Waals surface area contributed by atoms with Gasteiger partial charge in [-0.1, -0.05) is 84.9 Å². The van der Waals surface area contributed by atoms with Gasteiger partial charge in [0.1, 0.15) is 0 Å². The first-order chi connectivity index (χ1) is 16.6. The van der Waals surface area contributed by atoms with E-state index in [1.165, 1.54) is 24.3 Å². The zero-order valence-electron chi connectivity index (χ0n) is 18.3. The molecule has 0 aliphatic heterocycles. The lowest BCUT2D eigenvalue weighted by Gasteiger charge is -2.13. The predicted octanol–water partition coefficient (Wildman–Crippen LogP) is 8.78. The molecule has 7 heteroatoms. The maximum absolute atomic E-state index is 13.3. The minimum atomic E-state index is -4.44. The van der Waals surface area contributed by atoms with Gasteiger partial charge in [0.05, 0.1) is 24.3 Å². The number of halogens is 6. The zero-order chi connectivity index (χ0) is 25.1. The third-order valence-electron chi connectivity index (χ3n) is 5.53. The SMILES string of the molecule is FC(F)(F)c1ccccc1-c1ccc(COCc2ccc(-c3ccccc3C(F)(F)F)cc2)cc1. The number of hydrogen-bond donors (Lipinski definition) is 0. The fourth-order valence-corrected chi connectivity index (χ4v) is 3.81. The predicted molar refractivity (Wildman–Crippen MR) is 122 cm³/mol. The summed E-state index contributed by atoms with van der Waals surface area (Å²) in [7, 11) is 0. The largest absolute Gasteiger partial charge is 0.417 e. The molecule has 4 aromatic rings. The van der Waals surface area contributed by atoms with Crippen molar-refractivity contribution in [2.75, 3.05) is 0 Å². The Kier molecular flexibility index (Phi) is 6.98. The molecule has 0 fully saturated rings. The van der Waals surface area contributed by atoms with Gasteiger partial charge in [-0.15, -0.1) is 0 Å². The van der Waals surface area contributed by atoms with Crippen LogP contribution in [0, 0.1) is 0 Å². The maximum Gasteiger partial charge on any atom is 0.417 e. The molecule has 0 aromatic heterocycles. The Balaban J connectivity index is 1.39. The second kappa shape index (κ2) is 9.96. The third kappa shape index (κ3) is 5.92. The van der Waals surface area contributed by atoms with Crippen molar-refractivity contribution in [3.05, 3.63) is 119 Å². The van der Waals surface area contributed by atoms with Crippen LogP contribution in [0.5, 0.6) is 0 Å². The molecule has 0 saturated heterocycles. The Hall–Kier alpha value is -3.58. The second-order valence-electron chi connectivity index (χ2n) is 7.97. The Bertz CT molecular complexity index is 1170. The van der Waals surface area contributed by atoms with Gasteiger partial charge in [0, 0.05) is 0 Å². The van der Waals surface area contributed by atoms with E-state index in [0.29, 0.717) is 11.1 Å². The van der Waals surface area contributed by atoms with E-state index in [0.717, 1.165) is 23.3 Å². The lowest BCUT2D eigenvalue weighted by molar-refractivity contribution is -0.137. The van der Waals surface area contributed by atoms with Crippen molar-refractivity contribution in [3.8, 4) is 22.3 Å². The van der Waals surface area contributed by atoms with Crippen molar-refractivity contribution >= 4 is 0 Å². The van der Waals surface area contributed by atoms with Crippen molar-refractivity contribution in [2.45, 2.75) is 25.6 Å². The summed E-state index contributed by atoms with van der Waals surface area (Å²) in [6.07, 6.45) is -8.88. The van der Waals surface area contributed by atoms with Crippen molar-refractivity contribution in [1.29, 1.82) is 0 Å². The average Bonchev–Trinajstić information content (AvgIpc) is 2.84. The highest BCUT2D eigenvalue weighted by molar-refractivity contribution is 5.69. The summed E-state index contributed by atoms with van der Waals surface area (Å²) in [6, 6.07) is 24.1. The van der Waals surface area contributed by atoms with Crippen LogP contribution in [0.4, 0.5) is 26.3 Å². The minimum absolute atomic E-state index is 0.111. The summed E-state index contributed by atoms with van der Waals surface area (Å²) in [5, 5.41) is 0. The molecule has 0 N–H and O–H groups in total. The molecule has 0 saturated carbocycles. The lowest BCUT2D eigenvalue weighted by atomic mass is 9.98. The van der Waals surface area contributed by atoms with Crippen LogP contribution < -0.4 is 0 Å². The second-order valence-corrected chi connectivity index (χ2v) is 7.97. The van der Waals surface area contributed by atoms with E-state index in [4.69, 9.17) is 4.74 Å². The van der Waals surface area contributed by atoms with E-state index < -0.39 is 23.5 Å². The van der Waals surface area contributed by atoms with Crippen LogP contribution >= 0.6 is 0 Å². The van der Waals surface area contributed by atoms with Gasteiger partial charge in [0.2, 0.25) is 0 Å². The van der Waals surface area contributed by atoms with Crippen LogP contribution in [-0.2, 0) is 30.3 Å². The van der Waals surface area contributed by atoms with Crippen molar-refractivity contribution in [3.63, 3.8) is 0 Å². The van der Waals surface area contributed by atoms with Crippen molar-refractivity contribution in [2.24, 2.45) is 0 Å². The number of ether oxygens (including phenoxy) is 1. The van der Waals surface area contributed by atoms with E-state index in [9.17, 15) is 26.3 Å². The van der Waals surface area contributed by atoms with Crippen LogP contribution in [0.2, 0.25) is 0 Å². The fraction of sp³-hybridized carbons (Fsp3) is 0.143. The summed E-state index contributed by atoms with van der Waals surface area (Å²) in [6.45, 7) is 0.472.